The minimum atomic E-state index is -0.624. The molecule has 2 amide bonds. The van der Waals surface area contributed by atoms with Gasteiger partial charge in [0.25, 0.3) is 11.8 Å². The third-order valence-electron chi connectivity index (χ3n) is 7.95. The van der Waals surface area contributed by atoms with E-state index in [1.165, 1.54) is 6.20 Å². The van der Waals surface area contributed by atoms with Crippen molar-refractivity contribution >= 4 is 33.2 Å². The zero-order valence-electron chi connectivity index (χ0n) is 23.2. The van der Waals surface area contributed by atoms with E-state index in [9.17, 15) is 18.4 Å². The van der Waals surface area contributed by atoms with Crippen LogP contribution in [0, 0.1) is 18.6 Å². The molecule has 0 bridgehead atoms. The summed E-state index contributed by atoms with van der Waals surface area (Å²) in [7, 11) is 3.51. The van der Waals surface area contributed by atoms with E-state index in [0.717, 1.165) is 65.8 Å². The van der Waals surface area contributed by atoms with Crippen molar-refractivity contribution in [1.29, 1.82) is 0 Å². The van der Waals surface area contributed by atoms with Crippen LogP contribution < -0.4 is 15.8 Å². The van der Waals surface area contributed by atoms with E-state index < -0.39 is 17.5 Å². The van der Waals surface area contributed by atoms with E-state index in [1.807, 2.05) is 30.1 Å². The second-order valence-electron chi connectivity index (χ2n) is 10.3. The molecule has 2 aromatic heterocycles. The number of aromatic nitrogens is 1. The molecule has 2 heterocycles. The van der Waals surface area contributed by atoms with E-state index >= 15 is 0 Å². The topological polar surface area (TPSA) is 97.6 Å². The Hall–Kier alpha value is -3.89. The highest BCUT2D eigenvalue weighted by molar-refractivity contribution is 7.21. The fraction of sp³-hybridized carbons (Fsp3) is 0.323. The monoisotopic (exact) mass is 578 g/mol. The Morgan fingerprint density at radius 2 is 1.78 bits per heavy atom. The lowest BCUT2D eigenvalue weighted by Crippen LogP contribution is -2.44. The number of methoxy groups -OCH3 is 1. The van der Waals surface area contributed by atoms with E-state index in [2.05, 4.69) is 10.3 Å². The molecule has 214 valence electrons. The van der Waals surface area contributed by atoms with E-state index in [1.54, 1.807) is 26.2 Å². The van der Waals surface area contributed by atoms with Crippen LogP contribution in [0.2, 0.25) is 0 Å². The molecule has 41 heavy (non-hydrogen) atoms. The van der Waals surface area contributed by atoms with Crippen LogP contribution in [0.4, 0.5) is 8.78 Å². The van der Waals surface area contributed by atoms with Crippen molar-refractivity contribution in [2.75, 3.05) is 14.2 Å². The summed E-state index contributed by atoms with van der Waals surface area (Å²) >= 11 is 0.994. The lowest BCUT2D eigenvalue weighted by Gasteiger charge is -2.37. The second-order valence-corrected chi connectivity index (χ2v) is 11.4. The van der Waals surface area contributed by atoms with Gasteiger partial charge < -0.3 is 20.7 Å². The lowest BCUT2D eigenvalue weighted by molar-refractivity contribution is 0.0604. The van der Waals surface area contributed by atoms with E-state index in [0.29, 0.717) is 22.2 Å². The SMILES string of the molecule is CN[C@H]1CC[C@H](N(Cc2cc(-c3ccnc(C(N)=O)c3)ccc2OC)C(=O)c2sc3c(F)ccc(F)c3c2C)CC1. The first-order chi connectivity index (χ1) is 19.7. The van der Waals surface area contributed by atoms with Gasteiger partial charge in [-0.05, 0) is 92.7 Å². The van der Waals surface area contributed by atoms with Gasteiger partial charge in [0, 0.05) is 35.8 Å². The number of aryl methyl sites for hydroxylation is 1. The summed E-state index contributed by atoms with van der Waals surface area (Å²) in [4.78, 5) is 32.1. The molecule has 0 unspecified atom stereocenters. The number of primary amides is 1. The molecule has 1 aliphatic rings. The summed E-state index contributed by atoms with van der Waals surface area (Å²) in [6, 6.07) is 11.5. The molecule has 1 fully saturated rings. The molecule has 2 aromatic carbocycles. The molecule has 5 rings (SSSR count). The van der Waals surface area contributed by atoms with Gasteiger partial charge in [-0.2, -0.15) is 0 Å². The van der Waals surface area contributed by atoms with Crippen molar-refractivity contribution in [3.05, 3.63) is 82.0 Å². The standard InChI is InChI=1S/C31H32F2N4O3S/c1-17-27-23(32)9-10-24(33)29(27)41-28(17)31(39)37(22-7-5-21(35-2)6-8-22)16-20-14-18(4-11-26(20)40-3)19-12-13-36-25(15-19)30(34)38/h4,9-15,21-22,35H,5-8,16H2,1-3H3,(H2,34,38)/t21-,22-. The first-order valence-corrected chi connectivity index (χ1v) is 14.3. The quantitative estimate of drug-likeness (QED) is 0.274. The summed E-state index contributed by atoms with van der Waals surface area (Å²) in [5.74, 6) is -1.37. The molecule has 1 aliphatic carbocycles. The van der Waals surface area contributed by atoms with Gasteiger partial charge >= 0.3 is 0 Å². The second kappa shape index (κ2) is 11.9. The highest BCUT2D eigenvalue weighted by Crippen LogP contribution is 2.38. The van der Waals surface area contributed by atoms with Crippen molar-refractivity contribution < 1.29 is 23.1 Å². The van der Waals surface area contributed by atoms with E-state index in [-0.39, 0.29) is 34.3 Å². The number of halogens is 2. The number of hydrogen-bond acceptors (Lipinski definition) is 6. The van der Waals surface area contributed by atoms with Crippen LogP contribution >= 0.6 is 11.3 Å². The number of carbonyl (C=O) groups excluding carboxylic acids is 2. The maximum atomic E-state index is 14.7. The molecule has 3 N–H and O–H groups in total. The number of amides is 2. The van der Waals surface area contributed by atoms with Crippen molar-refractivity contribution in [2.24, 2.45) is 5.73 Å². The number of pyridine rings is 1. The van der Waals surface area contributed by atoms with Crippen LogP contribution in [0.25, 0.3) is 21.2 Å². The van der Waals surface area contributed by atoms with Crippen LogP contribution in [0.15, 0.2) is 48.7 Å². The van der Waals surface area contributed by atoms with Gasteiger partial charge in [0.05, 0.1) is 16.7 Å². The predicted octanol–water partition coefficient (Wildman–Crippen LogP) is 5.83. The number of ether oxygens (including phenoxy) is 1. The Kier molecular flexibility index (Phi) is 8.32. The van der Waals surface area contributed by atoms with Crippen molar-refractivity contribution in [3.63, 3.8) is 0 Å². The molecular weight excluding hydrogens is 546 g/mol. The minimum absolute atomic E-state index is 0.0674. The molecule has 0 spiro atoms. The molecule has 7 nitrogen and oxygen atoms in total. The van der Waals surface area contributed by atoms with Crippen molar-refractivity contribution in [1.82, 2.24) is 15.2 Å². The summed E-state index contributed by atoms with van der Waals surface area (Å²) in [5.41, 5.74) is 8.35. The third kappa shape index (κ3) is 5.67. The molecule has 0 radical (unpaired) electrons. The Morgan fingerprint density at radius 3 is 2.44 bits per heavy atom. The lowest BCUT2D eigenvalue weighted by atomic mass is 9.89. The van der Waals surface area contributed by atoms with Gasteiger partial charge in [0.2, 0.25) is 0 Å². The summed E-state index contributed by atoms with van der Waals surface area (Å²) in [6.45, 7) is 1.91. The maximum Gasteiger partial charge on any atom is 0.267 e. The van der Waals surface area contributed by atoms with Gasteiger partial charge in [-0.3, -0.25) is 14.6 Å². The fourth-order valence-electron chi connectivity index (χ4n) is 5.66. The Morgan fingerprint density at radius 1 is 1.07 bits per heavy atom. The molecule has 0 aliphatic heterocycles. The molecule has 0 saturated heterocycles. The number of thiophene rings is 1. The number of nitrogens with zero attached hydrogens (tertiary/aromatic N) is 2. The number of hydrogen-bond donors (Lipinski definition) is 2. The highest BCUT2D eigenvalue weighted by Gasteiger charge is 2.32. The maximum absolute atomic E-state index is 14.7. The number of benzene rings is 2. The predicted molar refractivity (Wildman–Crippen MR) is 156 cm³/mol. The zero-order valence-corrected chi connectivity index (χ0v) is 24.0. The summed E-state index contributed by atoms with van der Waals surface area (Å²) < 4.78 is 35.2. The average Bonchev–Trinajstić information content (AvgIpc) is 3.35. The number of fused-ring (bicyclic) bond motifs is 1. The van der Waals surface area contributed by atoms with E-state index in [4.69, 9.17) is 10.5 Å². The Labute approximate surface area is 241 Å². The number of nitrogens with two attached hydrogens (primary N) is 1. The minimum Gasteiger partial charge on any atom is -0.496 e. The van der Waals surface area contributed by atoms with Crippen LogP contribution in [0.5, 0.6) is 5.75 Å². The average molecular weight is 579 g/mol. The first-order valence-electron chi connectivity index (χ1n) is 13.5. The summed E-state index contributed by atoms with van der Waals surface area (Å²) in [5, 5.41) is 3.48. The van der Waals surface area contributed by atoms with Gasteiger partial charge in [-0.15, -0.1) is 11.3 Å². The number of nitrogens with one attached hydrogen (secondary N) is 1. The fourth-order valence-corrected chi connectivity index (χ4v) is 6.84. The van der Waals surface area contributed by atoms with Crippen LogP contribution in [0.1, 0.15) is 57.0 Å². The van der Waals surface area contributed by atoms with Crippen LogP contribution in [0.3, 0.4) is 0 Å². The van der Waals surface area contributed by atoms with Gasteiger partial charge in [0.1, 0.15) is 23.1 Å². The number of carbonyl (C=O) groups is 2. The van der Waals surface area contributed by atoms with Gasteiger partial charge in [-0.1, -0.05) is 6.07 Å². The molecule has 1 saturated carbocycles. The Bertz CT molecular complexity index is 1610. The van der Waals surface area contributed by atoms with Crippen LogP contribution in [-0.4, -0.2) is 47.9 Å². The van der Waals surface area contributed by atoms with Crippen molar-refractivity contribution in [2.45, 2.75) is 51.2 Å². The molecule has 10 heteroatoms. The van der Waals surface area contributed by atoms with Crippen LogP contribution in [-0.2, 0) is 6.54 Å². The molecule has 0 atom stereocenters. The van der Waals surface area contributed by atoms with Gasteiger partial charge in [0.15, 0.2) is 0 Å². The van der Waals surface area contributed by atoms with Gasteiger partial charge in [-0.25, -0.2) is 8.78 Å². The smallest absolute Gasteiger partial charge is 0.267 e. The summed E-state index contributed by atoms with van der Waals surface area (Å²) in [6.07, 6.45) is 4.92. The normalized spacial score (nSPS) is 17.0. The number of rotatable bonds is 8. The first kappa shape index (κ1) is 28.6. The Balaban J connectivity index is 1.56. The zero-order chi connectivity index (χ0) is 29.3. The molecule has 4 aromatic rings. The third-order valence-corrected chi connectivity index (χ3v) is 9.23. The molecular formula is C31H32F2N4O3S. The van der Waals surface area contributed by atoms with Crippen molar-refractivity contribution in [3.8, 4) is 16.9 Å². The highest BCUT2D eigenvalue weighted by atomic mass is 32.1. The largest absolute Gasteiger partial charge is 0.496 e.